The van der Waals surface area contributed by atoms with Gasteiger partial charge in [0.1, 0.15) is 4.21 Å². The SMILES string of the molecule is C[C@](O)(c1ccc(N2CCN(S(=O)(=O)c3ccc(N)s3)CC2)cc1)C(F)(F)F. The Kier molecular flexibility index (Phi) is 5.38. The summed E-state index contributed by atoms with van der Waals surface area (Å²) in [4.78, 5) is 1.89. The highest BCUT2D eigenvalue weighted by Crippen LogP contribution is 2.39. The number of hydrogen-bond acceptors (Lipinski definition) is 6. The average Bonchev–Trinajstić information content (AvgIpc) is 3.08. The van der Waals surface area contributed by atoms with E-state index in [1.807, 2.05) is 4.90 Å². The zero-order valence-electron chi connectivity index (χ0n) is 15.0. The molecule has 1 aliphatic heterocycles. The van der Waals surface area contributed by atoms with Gasteiger partial charge in [-0.05, 0) is 36.8 Å². The number of anilines is 2. The highest BCUT2D eigenvalue weighted by Gasteiger charge is 2.51. The Morgan fingerprint density at radius 1 is 1.04 bits per heavy atom. The van der Waals surface area contributed by atoms with E-state index in [1.165, 1.54) is 34.6 Å². The molecule has 1 aromatic heterocycles. The first-order valence-electron chi connectivity index (χ1n) is 8.43. The Bertz CT molecular complexity index is 933. The van der Waals surface area contributed by atoms with Crippen molar-refractivity contribution in [2.24, 2.45) is 0 Å². The van der Waals surface area contributed by atoms with E-state index in [0.29, 0.717) is 30.7 Å². The third-order valence-corrected chi connectivity index (χ3v) is 8.06. The lowest BCUT2D eigenvalue weighted by Crippen LogP contribution is -2.48. The van der Waals surface area contributed by atoms with E-state index in [0.717, 1.165) is 11.3 Å². The van der Waals surface area contributed by atoms with Crippen molar-refractivity contribution in [3.63, 3.8) is 0 Å². The number of nitrogens with zero attached hydrogens (tertiary/aromatic N) is 2. The predicted molar refractivity (Wildman–Crippen MR) is 102 cm³/mol. The Labute approximate surface area is 165 Å². The number of piperazine rings is 1. The number of nitrogens with two attached hydrogens (primary N) is 1. The van der Waals surface area contributed by atoms with Crippen molar-refractivity contribution < 1.29 is 26.7 Å². The van der Waals surface area contributed by atoms with Gasteiger partial charge in [0.25, 0.3) is 10.0 Å². The average molecular weight is 435 g/mol. The lowest BCUT2D eigenvalue weighted by Gasteiger charge is -2.35. The van der Waals surface area contributed by atoms with Crippen LogP contribution in [-0.2, 0) is 15.6 Å². The number of hydrogen-bond donors (Lipinski definition) is 2. The molecule has 1 atom stereocenters. The van der Waals surface area contributed by atoms with Crippen LogP contribution in [0.3, 0.4) is 0 Å². The van der Waals surface area contributed by atoms with E-state index in [4.69, 9.17) is 5.73 Å². The molecule has 154 valence electrons. The number of nitrogen functional groups attached to an aromatic ring is 1. The van der Waals surface area contributed by atoms with Crippen molar-refractivity contribution >= 4 is 32.0 Å². The topological polar surface area (TPSA) is 86.9 Å². The van der Waals surface area contributed by atoms with Crippen LogP contribution >= 0.6 is 11.3 Å². The van der Waals surface area contributed by atoms with Gasteiger partial charge in [-0.1, -0.05) is 12.1 Å². The summed E-state index contributed by atoms with van der Waals surface area (Å²) in [6.45, 7) is 2.01. The molecule has 6 nitrogen and oxygen atoms in total. The lowest BCUT2D eigenvalue weighted by atomic mass is 9.95. The second kappa shape index (κ2) is 7.21. The summed E-state index contributed by atoms with van der Waals surface area (Å²) < 4.78 is 65.6. The molecule has 0 amide bonds. The van der Waals surface area contributed by atoms with Crippen LogP contribution in [0.25, 0.3) is 0 Å². The van der Waals surface area contributed by atoms with Crippen LogP contribution in [-0.4, -0.2) is 50.2 Å². The van der Waals surface area contributed by atoms with E-state index < -0.39 is 21.8 Å². The second-order valence-electron chi connectivity index (χ2n) is 6.66. The van der Waals surface area contributed by atoms with Crippen molar-refractivity contribution in [1.29, 1.82) is 0 Å². The molecule has 0 spiro atoms. The molecular weight excluding hydrogens is 415 g/mol. The fraction of sp³-hybridized carbons (Fsp3) is 0.412. The molecule has 0 aliphatic carbocycles. The highest BCUT2D eigenvalue weighted by molar-refractivity contribution is 7.91. The van der Waals surface area contributed by atoms with Crippen LogP contribution in [0.15, 0.2) is 40.6 Å². The summed E-state index contributed by atoms with van der Waals surface area (Å²) in [5, 5.41) is 10.2. The zero-order chi connectivity index (χ0) is 20.7. The van der Waals surface area contributed by atoms with Gasteiger partial charge < -0.3 is 15.7 Å². The van der Waals surface area contributed by atoms with Gasteiger partial charge in [0.15, 0.2) is 5.60 Å². The Morgan fingerprint density at radius 2 is 1.61 bits per heavy atom. The van der Waals surface area contributed by atoms with Gasteiger partial charge in [-0.15, -0.1) is 11.3 Å². The maximum Gasteiger partial charge on any atom is 0.421 e. The van der Waals surface area contributed by atoms with Gasteiger partial charge >= 0.3 is 6.18 Å². The van der Waals surface area contributed by atoms with Crippen molar-refractivity contribution in [3.05, 3.63) is 42.0 Å². The summed E-state index contributed by atoms with van der Waals surface area (Å²) >= 11 is 1.01. The van der Waals surface area contributed by atoms with E-state index in [1.54, 1.807) is 6.07 Å². The lowest BCUT2D eigenvalue weighted by molar-refractivity contribution is -0.258. The number of aliphatic hydroxyl groups is 1. The highest BCUT2D eigenvalue weighted by atomic mass is 32.2. The molecular formula is C17H20F3N3O3S2. The number of sulfonamides is 1. The molecule has 3 N–H and O–H groups in total. The van der Waals surface area contributed by atoms with Gasteiger partial charge in [0, 0.05) is 31.9 Å². The number of thiophene rings is 1. The molecule has 1 fully saturated rings. The smallest absolute Gasteiger partial charge is 0.391 e. The number of rotatable bonds is 4. The first-order valence-corrected chi connectivity index (χ1v) is 10.7. The van der Waals surface area contributed by atoms with Crippen molar-refractivity contribution in [2.75, 3.05) is 36.8 Å². The van der Waals surface area contributed by atoms with E-state index >= 15 is 0 Å². The fourth-order valence-electron chi connectivity index (χ4n) is 2.95. The monoisotopic (exact) mass is 435 g/mol. The summed E-state index contributed by atoms with van der Waals surface area (Å²) in [6.07, 6.45) is -4.78. The van der Waals surface area contributed by atoms with Crippen LogP contribution in [0, 0.1) is 0 Å². The van der Waals surface area contributed by atoms with Gasteiger partial charge in [0.2, 0.25) is 0 Å². The summed E-state index contributed by atoms with van der Waals surface area (Å²) in [6, 6.07) is 8.50. The van der Waals surface area contributed by atoms with Gasteiger partial charge in [-0.25, -0.2) is 8.42 Å². The second-order valence-corrected chi connectivity index (χ2v) is 9.94. The van der Waals surface area contributed by atoms with E-state index in [9.17, 15) is 26.7 Å². The van der Waals surface area contributed by atoms with Crippen LogP contribution in [0.1, 0.15) is 12.5 Å². The summed E-state index contributed by atoms with van der Waals surface area (Å²) in [5.41, 5.74) is 3.10. The Morgan fingerprint density at radius 3 is 2.07 bits per heavy atom. The van der Waals surface area contributed by atoms with Gasteiger partial charge in [-0.3, -0.25) is 0 Å². The molecule has 11 heteroatoms. The maximum atomic E-state index is 12.9. The van der Waals surface area contributed by atoms with Crippen LogP contribution in [0.2, 0.25) is 0 Å². The summed E-state index contributed by atoms with van der Waals surface area (Å²) in [7, 11) is -3.60. The fourth-order valence-corrected chi connectivity index (χ4v) is 5.62. The van der Waals surface area contributed by atoms with Crippen LogP contribution in [0.4, 0.5) is 23.9 Å². The molecule has 1 aliphatic rings. The minimum Gasteiger partial charge on any atom is -0.391 e. The van der Waals surface area contributed by atoms with Gasteiger partial charge in [-0.2, -0.15) is 17.5 Å². The van der Waals surface area contributed by atoms with Crippen LogP contribution < -0.4 is 10.6 Å². The Hall–Kier alpha value is -1.82. The number of halogens is 3. The standard InChI is InChI=1S/C17H20F3N3O3S2/c1-16(24,17(18,19)20)12-2-4-13(5-3-12)22-8-10-23(11-9-22)28(25,26)15-7-6-14(21)27-15/h2-7,24H,8-11,21H2,1H3/t16-/m0/s1. The third-order valence-electron chi connectivity index (χ3n) is 4.78. The predicted octanol–water partition coefficient (Wildman–Crippen LogP) is 2.61. The number of alkyl halides is 3. The number of benzene rings is 1. The normalized spacial score (nSPS) is 18.8. The quantitative estimate of drug-likeness (QED) is 0.771. The molecule has 1 saturated heterocycles. The molecule has 28 heavy (non-hydrogen) atoms. The summed E-state index contributed by atoms with van der Waals surface area (Å²) in [5.74, 6) is 0. The molecule has 1 aromatic carbocycles. The van der Waals surface area contributed by atoms with Crippen molar-refractivity contribution in [1.82, 2.24) is 4.31 Å². The minimum absolute atomic E-state index is 0.192. The van der Waals surface area contributed by atoms with Crippen molar-refractivity contribution in [3.8, 4) is 0 Å². The minimum atomic E-state index is -4.78. The van der Waals surface area contributed by atoms with Gasteiger partial charge in [0.05, 0.1) is 5.00 Å². The molecule has 0 unspecified atom stereocenters. The first kappa shape index (κ1) is 20.9. The Balaban J connectivity index is 1.69. The molecule has 0 bridgehead atoms. The van der Waals surface area contributed by atoms with E-state index in [-0.39, 0.29) is 22.9 Å². The molecule has 2 aromatic rings. The maximum absolute atomic E-state index is 12.9. The molecule has 3 rings (SSSR count). The molecule has 0 radical (unpaired) electrons. The molecule has 2 heterocycles. The largest absolute Gasteiger partial charge is 0.421 e. The van der Waals surface area contributed by atoms with Crippen molar-refractivity contribution in [2.45, 2.75) is 22.9 Å². The zero-order valence-corrected chi connectivity index (χ0v) is 16.6. The molecule has 0 saturated carbocycles. The third kappa shape index (κ3) is 3.84. The van der Waals surface area contributed by atoms with Crippen LogP contribution in [0.5, 0.6) is 0 Å². The van der Waals surface area contributed by atoms with E-state index in [2.05, 4.69) is 0 Å². The first-order chi connectivity index (χ1) is 12.9.